The first-order valence-electron chi connectivity index (χ1n) is 14.0. The number of nitrogens with zero attached hydrogens (tertiary/aromatic N) is 5. The number of ether oxygens (including phenoxy) is 2. The zero-order valence-corrected chi connectivity index (χ0v) is 25.8. The first-order chi connectivity index (χ1) is 21.9. The summed E-state index contributed by atoms with van der Waals surface area (Å²) in [5, 5.41) is 16.9. The molecule has 0 radical (unpaired) electrons. The second-order valence-electron chi connectivity index (χ2n) is 10.3. The van der Waals surface area contributed by atoms with Gasteiger partial charge in [-0.15, -0.1) is 22.7 Å². The summed E-state index contributed by atoms with van der Waals surface area (Å²) in [7, 11) is 1.50. The third-order valence-corrected chi connectivity index (χ3v) is 9.50. The SMILES string of the molecule is C=CC(=O)N1CCc2nc(-c3nc(-c4cnn(C(CO)CF)c4)c4ccsc4c3-c3c(F)cc(F)cc3OCCOC)sc2C1. The molecule has 6 rings (SSSR count). The maximum atomic E-state index is 15.9. The van der Waals surface area contributed by atoms with Crippen molar-refractivity contribution in [3.05, 3.63) is 70.8 Å². The molecular formula is C31H28F3N5O4S2. The number of benzene rings is 1. The molecule has 1 aliphatic rings. The van der Waals surface area contributed by atoms with E-state index in [1.54, 1.807) is 11.1 Å². The highest BCUT2D eigenvalue weighted by atomic mass is 32.1. The van der Waals surface area contributed by atoms with Gasteiger partial charge in [-0.1, -0.05) is 6.58 Å². The standard InChI is InChI=1S/C31H28F3N5O4S2/c1-3-25(41)38-6-4-22-24(15-38)45-31(36-22)29-27(26-21(34)10-18(33)11-23(26)43-8-7-42-2)30-20(5-9-44-30)28(37-29)17-13-35-39(14-17)19(12-32)16-40/h3,5,9-11,13-14,19,40H,1,4,6-8,12,15-16H2,2H3. The quantitative estimate of drug-likeness (QED) is 0.141. The van der Waals surface area contributed by atoms with Crippen molar-refractivity contribution in [1.29, 1.82) is 0 Å². The molecular weight excluding hydrogens is 628 g/mol. The Kier molecular flexibility index (Phi) is 8.99. The molecule has 0 bridgehead atoms. The zero-order chi connectivity index (χ0) is 31.7. The highest BCUT2D eigenvalue weighted by Gasteiger charge is 2.29. The summed E-state index contributed by atoms with van der Waals surface area (Å²) >= 11 is 2.69. The van der Waals surface area contributed by atoms with E-state index in [9.17, 15) is 18.7 Å². The van der Waals surface area contributed by atoms with E-state index in [1.807, 2.05) is 11.4 Å². The van der Waals surface area contributed by atoms with E-state index in [4.69, 9.17) is 19.4 Å². The predicted octanol–water partition coefficient (Wildman–Crippen LogP) is 5.83. The van der Waals surface area contributed by atoms with Crippen LogP contribution in [0.4, 0.5) is 13.2 Å². The van der Waals surface area contributed by atoms with Gasteiger partial charge < -0.3 is 19.5 Å². The van der Waals surface area contributed by atoms with Gasteiger partial charge in [0, 0.05) is 64.5 Å². The number of amides is 1. The van der Waals surface area contributed by atoms with Gasteiger partial charge in [0.2, 0.25) is 5.91 Å². The molecule has 234 valence electrons. The number of alkyl halides is 1. The average molecular weight is 656 g/mol. The summed E-state index contributed by atoms with van der Waals surface area (Å²) < 4.78 is 56.9. The van der Waals surface area contributed by atoms with Gasteiger partial charge in [0.25, 0.3) is 0 Å². The van der Waals surface area contributed by atoms with Crippen molar-refractivity contribution >= 4 is 38.7 Å². The van der Waals surface area contributed by atoms with E-state index >= 15 is 4.39 Å². The van der Waals surface area contributed by atoms with Crippen LogP contribution in [-0.4, -0.2) is 75.8 Å². The molecule has 1 aromatic carbocycles. The van der Waals surface area contributed by atoms with E-state index in [0.29, 0.717) is 57.1 Å². The van der Waals surface area contributed by atoms with Crippen molar-refractivity contribution in [3.63, 3.8) is 0 Å². The molecule has 45 heavy (non-hydrogen) atoms. The molecule has 0 spiro atoms. The lowest BCUT2D eigenvalue weighted by molar-refractivity contribution is -0.126. The molecule has 5 heterocycles. The van der Waals surface area contributed by atoms with Crippen LogP contribution in [0.3, 0.4) is 0 Å². The van der Waals surface area contributed by atoms with Gasteiger partial charge in [-0.25, -0.2) is 23.1 Å². The zero-order valence-electron chi connectivity index (χ0n) is 24.1. The van der Waals surface area contributed by atoms with E-state index in [-0.39, 0.29) is 30.4 Å². The molecule has 14 heteroatoms. The molecule has 4 aromatic heterocycles. The lowest BCUT2D eigenvalue weighted by Crippen LogP contribution is -2.34. The maximum absolute atomic E-state index is 15.9. The number of halogens is 3. The van der Waals surface area contributed by atoms with Gasteiger partial charge >= 0.3 is 0 Å². The fourth-order valence-corrected chi connectivity index (χ4v) is 7.32. The van der Waals surface area contributed by atoms with E-state index < -0.39 is 31.0 Å². The molecule has 0 saturated heterocycles. The van der Waals surface area contributed by atoms with Crippen molar-refractivity contribution in [3.8, 4) is 38.8 Å². The molecule has 1 atom stereocenters. The van der Waals surface area contributed by atoms with Gasteiger partial charge in [0.05, 0.1) is 42.9 Å². The van der Waals surface area contributed by atoms with Gasteiger partial charge in [-0.05, 0) is 17.5 Å². The van der Waals surface area contributed by atoms with Crippen molar-refractivity contribution in [2.45, 2.75) is 19.0 Å². The predicted molar refractivity (Wildman–Crippen MR) is 166 cm³/mol. The average Bonchev–Trinajstić information content (AvgIpc) is 3.81. The van der Waals surface area contributed by atoms with E-state index in [2.05, 4.69) is 11.7 Å². The lowest BCUT2D eigenvalue weighted by atomic mass is 9.98. The Morgan fingerprint density at radius 3 is 2.82 bits per heavy atom. The molecule has 0 aliphatic carbocycles. The number of carbonyl (C=O) groups is 1. The summed E-state index contributed by atoms with van der Waals surface area (Å²) in [6.45, 7) is 3.41. The number of hydrogen-bond donors (Lipinski definition) is 1. The highest BCUT2D eigenvalue weighted by Crippen LogP contribution is 2.48. The number of aromatic nitrogens is 4. The van der Waals surface area contributed by atoms with Crippen LogP contribution >= 0.6 is 22.7 Å². The summed E-state index contributed by atoms with van der Waals surface area (Å²) in [6.07, 6.45) is 4.93. The van der Waals surface area contributed by atoms with Crippen LogP contribution < -0.4 is 4.74 Å². The number of rotatable bonds is 11. The fraction of sp³-hybridized carbons (Fsp3) is 0.290. The number of methoxy groups -OCH3 is 1. The molecule has 5 aromatic rings. The van der Waals surface area contributed by atoms with Crippen molar-refractivity contribution in [2.75, 3.05) is 40.1 Å². The Hall–Kier alpha value is -4.11. The summed E-state index contributed by atoms with van der Waals surface area (Å²) in [5.74, 6) is -1.83. The summed E-state index contributed by atoms with van der Waals surface area (Å²) in [4.78, 5) is 24.8. The first-order valence-corrected chi connectivity index (χ1v) is 15.7. The minimum atomic E-state index is -0.859. The molecule has 1 N–H and O–H groups in total. The van der Waals surface area contributed by atoms with Crippen molar-refractivity contribution < 1.29 is 32.5 Å². The Labute approximate surface area is 264 Å². The third kappa shape index (κ3) is 5.86. The van der Waals surface area contributed by atoms with Crippen LogP contribution in [-0.2, 0) is 22.5 Å². The number of fused-ring (bicyclic) bond motifs is 2. The highest BCUT2D eigenvalue weighted by molar-refractivity contribution is 7.18. The van der Waals surface area contributed by atoms with E-state index in [0.717, 1.165) is 22.7 Å². The number of pyridine rings is 1. The number of thiophene rings is 1. The van der Waals surface area contributed by atoms with Gasteiger partial charge in [0.15, 0.2) is 0 Å². The third-order valence-electron chi connectivity index (χ3n) is 7.48. The molecule has 0 saturated carbocycles. The fourth-order valence-electron chi connectivity index (χ4n) is 5.25. The second kappa shape index (κ2) is 13.1. The van der Waals surface area contributed by atoms with Gasteiger partial charge in [-0.3, -0.25) is 9.48 Å². The smallest absolute Gasteiger partial charge is 0.246 e. The van der Waals surface area contributed by atoms with Gasteiger partial charge in [0.1, 0.15) is 47.4 Å². The van der Waals surface area contributed by atoms with Crippen molar-refractivity contribution in [2.24, 2.45) is 0 Å². The number of thiazole rings is 1. The summed E-state index contributed by atoms with van der Waals surface area (Å²) in [5.41, 5.74) is 2.59. The van der Waals surface area contributed by atoms with Gasteiger partial charge in [-0.2, -0.15) is 5.10 Å². The number of aliphatic hydroxyl groups is 1. The number of aliphatic hydroxyl groups excluding tert-OH is 1. The monoisotopic (exact) mass is 655 g/mol. The lowest BCUT2D eigenvalue weighted by Gasteiger charge is -2.24. The topological polar surface area (TPSA) is 103 Å². The Balaban J connectivity index is 1.60. The van der Waals surface area contributed by atoms with Crippen LogP contribution in [0.1, 0.15) is 16.6 Å². The summed E-state index contributed by atoms with van der Waals surface area (Å²) in [6, 6.07) is 2.91. The van der Waals surface area contributed by atoms with Crippen LogP contribution in [0.5, 0.6) is 5.75 Å². The number of hydrogen-bond acceptors (Lipinski definition) is 9. The van der Waals surface area contributed by atoms with Crippen LogP contribution in [0.25, 0.3) is 43.2 Å². The minimum absolute atomic E-state index is 0.0133. The second-order valence-corrected chi connectivity index (χ2v) is 12.3. The Morgan fingerprint density at radius 1 is 1.22 bits per heavy atom. The maximum Gasteiger partial charge on any atom is 0.246 e. The van der Waals surface area contributed by atoms with Crippen LogP contribution in [0, 0.1) is 11.6 Å². The first kappa shape index (κ1) is 30.9. The van der Waals surface area contributed by atoms with E-state index in [1.165, 1.54) is 46.7 Å². The molecule has 0 fully saturated rings. The minimum Gasteiger partial charge on any atom is -0.490 e. The molecule has 9 nitrogen and oxygen atoms in total. The Bertz CT molecular complexity index is 1880. The largest absolute Gasteiger partial charge is 0.490 e. The molecule has 1 aliphatic heterocycles. The Morgan fingerprint density at radius 2 is 2.07 bits per heavy atom. The molecule has 1 unspecified atom stereocenters. The molecule has 1 amide bonds. The van der Waals surface area contributed by atoms with Crippen molar-refractivity contribution in [1.82, 2.24) is 24.6 Å². The van der Waals surface area contributed by atoms with Crippen LogP contribution in [0.2, 0.25) is 0 Å². The number of carbonyl (C=O) groups excluding carboxylic acids is 1. The normalized spacial score (nSPS) is 13.7. The van der Waals surface area contributed by atoms with Crippen LogP contribution in [0.15, 0.2) is 48.6 Å².